The van der Waals surface area contributed by atoms with Crippen LogP contribution in [-0.4, -0.2) is 26.0 Å². The molecule has 1 aromatic carbocycles. The topological polar surface area (TPSA) is 38.3 Å². The first-order valence-electron chi connectivity index (χ1n) is 6.81. The zero-order valence-electron chi connectivity index (χ0n) is 12.7. The van der Waals surface area contributed by atoms with Gasteiger partial charge in [0.25, 0.3) is 0 Å². The number of nitrogens with one attached hydrogen (secondary N) is 1. The molecule has 0 heterocycles. The highest BCUT2D eigenvalue weighted by molar-refractivity contribution is 5.75. The van der Waals surface area contributed by atoms with Crippen LogP contribution in [0.5, 0.6) is 5.75 Å². The van der Waals surface area contributed by atoms with Gasteiger partial charge in [0.05, 0.1) is 7.11 Å². The lowest BCUT2D eigenvalue weighted by Gasteiger charge is -2.15. The van der Waals surface area contributed by atoms with Gasteiger partial charge in [-0.2, -0.15) is 0 Å². The smallest absolute Gasteiger partial charge is 0.131 e. The Balaban J connectivity index is 2.62. The molecule has 0 spiro atoms. The third-order valence-electron chi connectivity index (χ3n) is 3.56. The van der Waals surface area contributed by atoms with E-state index in [1.807, 2.05) is 0 Å². The van der Waals surface area contributed by atoms with Crippen LogP contribution in [0.4, 0.5) is 0 Å². The average molecular weight is 263 g/mol. The van der Waals surface area contributed by atoms with E-state index < -0.39 is 0 Å². The van der Waals surface area contributed by atoms with Gasteiger partial charge in [0.1, 0.15) is 11.5 Å². The number of methoxy groups -OCH3 is 1. The van der Waals surface area contributed by atoms with Gasteiger partial charge in [-0.05, 0) is 62.9 Å². The second-order valence-electron chi connectivity index (χ2n) is 5.09. The number of benzene rings is 1. The monoisotopic (exact) mass is 263 g/mol. The maximum atomic E-state index is 10.8. The zero-order valence-corrected chi connectivity index (χ0v) is 12.7. The van der Waals surface area contributed by atoms with Crippen LogP contribution in [0.2, 0.25) is 0 Å². The number of carbonyl (C=O) groups excluding carboxylic acids is 1. The van der Waals surface area contributed by atoms with Gasteiger partial charge >= 0.3 is 0 Å². The molecular formula is C16H25NO2. The molecule has 0 aromatic heterocycles. The first kappa shape index (κ1) is 15.7. The van der Waals surface area contributed by atoms with Crippen molar-refractivity contribution >= 4 is 5.78 Å². The van der Waals surface area contributed by atoms with Gasteiger partial charge in [-0.3, -0.25) is 4.79 Å². The highest BCUT2D eigenvalue weighted by Gasteiger charge is 2.10. The third kappa shape index (κ3) is 4.35. The molecule has 1 aromatic rings. The lowest BCUT2D eigenvalue weighted by molar-refractivity contribution is -0.116. The molecule has 106 valence electrons. The van der Waals surface area contributed by atoms with Crippen molar-refractivity contribution in [1.82, 2.24) is 5.32 Å². The standard InChI is InChI=1S/C16H25NO2/c1-11-10-15(7-9-17-8-6-12(2)18)13(3)14(4)16(11)19-5/h10,17H,6-9H2,1-5H3. The minimum atomic E-state index is 0.236. The van der Waals surface area contributed by atoms with Crippen LogP contribution >= 0.6 is 0 Å². The zero-order chi connectivity index (χ0) is 14.4. The van der Waals surface area contributed by atoms with Crippen molar-refractivity contribution in [3.05, 3.63) is 28.3 Å². The summed E-state index contributed by atoms with van der Waals surface area (Å²) < 4.78 is 5.43. The quantitative estimate of drug-likeness (QED) is 0.769. The highest BCUT2D eigenvalue weighted by atomic mass is 16.5. The van der Waals surface area contributed by atoms with E-state index >= 15 is 0 Å². The van der Waals surface area contributed by atoms with E-state index in [0.717, 1.165) is 25.3 Å². The Kier molecular flexibility index (Phi) is 6.03. The van der Waals surface area contributed by atoms with Gasteiger partial charge in [-0.25, -0.2) is 0 Å². The molecule has 1 rings (SSSR count). The summed E-state index contributed by atoms with van der Waals surface area (Å²) in [4.78, 5) is 10.8. The maximum absolute atomic E-state index is 10.8. The molecule has 0 aliphatic carbocycles. The molecule has 0 aliphatic rings. The van der Waals surface area contributed by atoms with E-state index in [0.29, 0.717) is 6.42 Å². The number of aryl methyl sites for hydroxylation is 1. The Bertz CT molecular complexity index is 453. The molecule has 19 heavy (non-hydrogen) atoms. The number of carbonyl (C=O) groups is 1. The lowest BCUT2D eigenvalue weighted by Crippen LogP contribution is -2.20. The van der Waals surface area contributed by atoms with Crippen LogP contribution < -0.4 is 10.1 Å². The molecule has 0 aliphatic heterocycles. The molecule has 1 N–H and O–H groups in total. The summed E-state index contributed by atoms with van der Waals surface area (Å²) in [5, 5.41) is 3.31. The summed E-state index contributed by atoms with van der Waals surface area (Å²) in [6.45, 7) is 9.62. The first-order valence-corrected chi connectivity index (χ1v) is 6.81. The van der Waals surface area contributed by atoms with Crippen LogP contribution in [0.25, 0.3) is 0 Å². The predicted molar refractivity (Wildman–Crippen MR) is 79.1 cm³/mol. The van der Waals surface area contributed by atoms with Crippen molar-refractivity contribution < 1.29 is 9.53 Å². The fraction of sp³-hybridized carbons (Fsp3) is 0.562. The van der Waals surface area contributed by atoms with Crippen molar-refractivity contribution in [3.8, 4) is 5.75 Å². The molecule has 0 amide bonds. The number of ether oxygens (including phenoxy) is 1. The number of Topliss-reactive ketones (excluding diaryl/α,β-unsaturated/α-hetero) is 1. The van der Waals surface area contributed by atoms with Gasteiger partial charge in [-0.15, -0.1) is 0 Å². The van der Waals surface area contributed by atoms with Gasteiger partial charge in [-0.1, -0.05) is 6.07 Å². The van der Waals surface area contributed by atoms with Crippen LogP contribution in [0.15, 0.2) is 6.07 Å². The van der Waals surface area contributed by atoms with E-state index in [2.05, 4.69) is 32.2 Å². The van der Waals surface area contributed by atoms with Crippen molar-refractivity contribution in [3.63, 3.8) is 0 Å². The Morgan fingerprint density at radius 2 is 1.89 bits per heavy atom. The molecule has 0 saturated heterocycles. The highest BCUT2D eigenvalue weighted by Crippen LogP contribution is 2.28. The van der Waals surface area contributed by atoms with E-state index in [9.17, 15) is 4.79 Å². The number of rotatable bonds is 7. The normalized spacial score (nSPS) is 10.6. The first-order chi connectivity index (χ1) is 8.97. The molecular weight excluding hydrogens is 238 g/mol. The van der Waals surface area contributed by atoms with Crippen molar-refractivity contribution in [2.45, 2.75) is 40.5 Å². The Hall–Kier alpha value is -1.35. The molecule has 0 unspecified atom stereocenters. The molecule has 3 heteroatoms. The van der Waals surface area contributed by atoms with E-state index in [1.54, 1.807) is 14.0 Å². The van der Waals surface area contributed by atoms with Crippen LogP contribution in [-0.2, 0) is 11.2 Å². The van der Waals surface area contributed by atoms with E-state index in [4.69, 9.17) is 4.74 Å². The Morgan fingerprint density at radius 1 is 1.21 bits per heavy atom. The van der Waals surface area contributed by atoms with Crippen LogP contribution in [0, 0.1) is 20.8 Å². The van der Waals surface area contributed by atoms with E-state index in [-0.39, 0.29) is 5.78 Å². The molecule has 3 nitrogen and oxygen atoms in total. The minimum absolute atomic E-state index is 0.236. The van der Waals surface area contributed by atoms with Crippen LogP contribution in [0.1, 0.15) is 35.6 Å². The molecule has 0 atom stereocenters. The maximum Gasteiger partial charge on any atom is 0.131 e. The number of hydrogen-bond acceptors (Lipinski definition) is 3. The van der Waals surface area contributed by atoms with Crippen LogP contribution in [0.3, 0.4) is 0 Å². The molecule has 0 saturated carbocycles. The summed E-state index contributed by atoms with van der Waals surface area (Å²) in [5.74, 6) is 1.23. The van der Waals surface area contributed by atoms with Crippen molar-refractivity contribution in [2.24, 2.45) is 0 Å². The Morgan fingerprint density at radius 3 is 2.47 bits per heavy atom. The third-order valence-corrected chi connectivity index (χ3v) is 3.56. The summed E-state index contributed by atoms with van der Waals surface area (Å²) in [6.07, 6.45) is 1.59. The van der Waals surface area contributed by atoms with Gasteiger partial charge < -0.3 is 10.1 Å². The van der Waals surface area contributed by atoms with Crippen molar-refractivity contribution in [2.75, 3.05) is 20.2 Å². The lowest BCUT2D eigenvalue weighted by atomic mass is 9.96. The summed E-state index contributed by atoms with van der Waals surface area (Å²) in [7, 11) is 1.72. The predicted octanol–water partition coefficient (Wildman–Crippen LogP) is 2.73. The summed E-state index contributed by atoms with van der Waals surface area (Å²) in [6, 6.07) is 2.20. The van der Waals surface area contributed by atoms with Gasteiger partial charge in [0.15, 0.2) is 0 Å². The Labute approximate surface area is 116 Å². The second-order valence-corrected chi connectivity index (χ2v) is 5.09. The number of hydrogen-bond donors (Lipinski definition) is 1. The molecule has 0 bridgehead atoms. The molecule has 0 radical (unpaired) electrons. The van der Waals surface area contributed by atoms with Crippen molar-refractivity contribution in [1.29, 1.82) is 0 Å². The largest absolute Gasteiger partial charge is 0.496 e. The average Bonchev–Trinajstić information content (AvgIpc) is 2.35. The SMILES string of the molecule is COc1c(C)cc(CCNCCC(C)=O)c(C)c1C. The van der Waals surface area contributed by atoms with Gasteiger partial charge in [0, 0.05) is 13.0 Å². The molecule has 0 fully saturated rings. The fourth-order valence-corrected chi connectivity index (χ4v) is 2.33. The summed E-state index contributed by atoms with van der Waals surface area (Å²) >= 11 is 0. The van der Waals surface area contributed by atoms with E-state index in [1.165, 1.54) is 22.3 Å². The number of ketones is 1. The fourth-order valence-electron chi connectivity index (χ4n) is 2.33. The minimum Gasteiger partial charge on any atom is -0.496 e. The van der Waals surface area contributed by atoms with Gasteiger partial charge in [0.2, 0.25) is 0 Å². The second kappa shape index (κ2) is 7.29. The summed E-state index contributed by atoms with van der Waals surface area (Å²) in [5.41, 5.74) is 5.06.